The van der Waals surface area contributed by atoms with Crippen LogP contribution < -0.4 is 4.90 Å². The first-order chi connectivity index (χ1) is 16.1. The number of benzene rings is 3. The van der Waals surface area contributed by atoms with E-state index in [1.54, 1.807) is 59.8 Å². The lowest BCUT2D eigenvalue weighted by atomic mass is 9.83. The number of hydrogen-bond donors (Lipinski definition) is 0. The van der Waals surface area contributed by atoms with Gasteiger partial charge in [0.15, 0.2) is 5.78 Å². The largest absolute Gasteiger partial charge is 0.292 e. The number of carbonyl (C=O) groups excluding carboxylic acids is 3. The lowest BCUT2D eigenvalue weighted by Crippen LogP contribution is -2.44. The SMILES string of the molecule is O=C(c1ccccc1)[C@@H]1[C@@H]2C(=O)N(c3cccc(Cl)c3)C(=O)[C@@H]2[C@H]2c3ccccc3C=NN12. The van der Waals surface area contributed by atoms with Gasteiger partial charge in [0.2, 0.25) is 11.8 Å². The highest BCUT2D eigenvalue weighted by Gasteiger charge is 2.65. The Labute approximate surface area is 195 Å². The van der Waals surface area contributed by atoms with E-state index >= 15 is 0 Å². The van der Waals surface area contributed by atoms with Crippen LogP contribution in [0.4, 0.5) is 5.69 Å². The number of halogens is 1. The summed E-state index contributed by atoms with van der Waals surface area (Å²) in [5.41, 5.74) is 2.67. The first-order valence-electron chi connectivity index (χ1n) is 10.7. The van der Waals surface area contributed by atoms with Crippen molar-refractivity contribution in [2.45, 2.75) is 12.1 Å². The molecule has 3 aromatic rings. The van der Waals surface area contributed by atoms with Crippen molar-refractivity contribution in [3.05, 3.63) is 101 Å². The second-order valence-electron chi connectivity index (χ2n) is 8.42. The zero-order valence-corrected chi connectivity index (χ0v) is 18.1. The molecule has 3 heterocycles. The number of nitrogens with zero attached hydrogens (tertiary/aromatic N) is 3. The van der Waals surface area contributed by atoms with Gasteiger partial charge in [-0.05, 0) is 29.3 Å². The number of hydrazone groups is 1. The quantitative estimate of drug-likeness (QED) is 0.440. The van der Waals surface area contributed by atoms with Crippen molar-refractivity contribution in [1.29, 1.82) is 0 Å². The second-order valence-corrected chi connectivity index (χ2v) is 8.85. The first kappa shape index (κ1) is 19.9. The molecule has 33 heavy (non-hydrogen) atoms. The molecule has 3 aliphatic heterocycles. The minimum Gasteiger partial charge on any atom is -0.292 e. The van der Waals surface area contributed by atoms with E-state index in [4.69, 9.17) is 11.6 Å². The van der Waals surface area contributed by atoms with E-state index in [2.05, 4.69) is 5.10 Å². The molecule has 3 aromatic carbocycles. The molecule has 2 amide bonds. The maximum atomic E-state index is 13.8. The Bertz CT molecular complexity index is 1340. The van der Waals surface area contributed by atoms with E-state index in [0.29, 0.717) is 16.3 Å². The zero-order valence-electron chi connectivity index (χ0n) is 17.3. The highest BCUT2D eigenvalue weighted by Crippen LogP contribution is 2.53. The Morgan fingerprint density at radius 3 is 2.36 bits per heavy atom. The van der Waals surface area contributed by atoms with Gasteiger partial charge in [0.1, 0.15) is 6.04 Å². The minimum absolute atomic E-state index is 0.223. The average molecular weight is 456 g/mol. The maximum absolute atomic E-state index is 13.8. The molecule has 2 saturated heterocycles. The summed E-state index contributed by atoms with van der Waals surface area (Å²) in [6, 6.07) is 21.8. The number of amides is 2. The number of imide groups is 1. The van der Waals surface area contributed by atoms with Crippen LogP contribution in [0.1, 0.15) is 27.5 Å². The number of carbonyl (C=O) groups is 3. The van der Waals surface area contributed by atoms with Crippen molar-refractivity contribution in [2.75, 3.05) is 4.90 Å². The number of Topliss-reactive ketones (excluding diaryl/α,β-unsaturated/α-hetero) is 1. The fourth-order valence-corrected chi connectivity index (χ4v) is 5.50. The van der Waals surface area contributed by atoms with Gasteiger partial charge in [0.05, 0.1) is 29.8 Å². The molecule has 6 rings (SSSR count). The summed E-state index contributed by atoms with van der Waals surface area (Å²) in [5.74, 6) is -2.54. The second kappa shape index (κ2) is 7.39. The van der Waals surface area contributed by atoms with Crippen LogP contribution in [-0.2, 0) is 9.59 Å². The van der Waals surface area contributed by atoms with Gasteiger partial charge < -0.3 is 0 Å². The van der Waals surface area contributed by atoms with Crippen molar-refractivity contribution >= 4 is 41.1 Å². The van der Waals surface area contributed by atoms with E-state index in [1.807, 2.05) is 30.3 Å². The fourth-order valence-electron chi connectivity index (χ4n) is 5.31. The predicted octanol–water partition coefficient (Wildman–Crippen LogP) is 4.10. The molecule has 0 N–H and O–H groups in total. The minimum atomic E-state index is -0.882. The molecule has 0 spiro atoms. The Kier molecular flexibility index (Phi) is 4.45. The third kappa shape index (κ3) is 2.87. The summed E-state index contributed by atoms with van der Waals surface area (Å²) >= 11 is 6.15. The smallest absolute Gasteiger partial charge is 0.240 e. The van der Waals surface area contributed by atoms with Crippen LogP contribution in [0.5, 0.6) is 0 Å². The van der Waals surface area contributed by atoms with E-state index in [9.17, 15) is 14.4 Å². The molecule has 0 radical (unpaired) electrons. The van der Waals surface area contributed by atoms with E-state index < -0.39 is 29.8 Å². The molecular formula is C26H18ClN3O3. The van der Waals surface area contributed by atoms with Crippen LogP contribution in [-0.4, -0.2) is 34.9 Å². The Morgan fingerprint density at radius 1 is 0.848 bits per heavy atom. The lowest BCUT2D eigenvalue weighted by molar-refractivity contribution is -0.124. The predicted molar refractivity (Wildman–Crippen MR) is 124 cm³/mol. The molecule has 7 heteroatoms. The van der Waals surface area contributed by atoms with Gasteiger partial charge in [-0.15, -0.1) is 0 Å². The highest BCUT2D eigenvalue weighted by molar-refractivity contribution is 6.31. The van der Waals surface area contributed by atoms with Gasteiger partial charge >= 0.3 is 0 Å². The van der Waals surface area contributed by atoms with Crippen molar-refractivity contribution < 1.29 is 14.4 Å². The topological polar surface area (TPSA) is 70.0 Å². The Morgan fingerprint density at radius 2 is 1.58 bits per heavy atom. The average Bonchev–Trinajstić information content (AvgIpc) is 3.32. The van der Waals surface area contributed by atoms with Crippen LogP contribution in [0.15, 0.2) is 84.0 Å². The highest BCUT2D eigenvalue weighted by atomic mass is 35.5. The molecule has 0 aromatic heterocycles. The third-order valence-corrected chi connectivity index (χ3v) is 6.92. The van der Waals surface area contributed by atoms with Crippen LogP contribution in [0.25, 0.3) is 0 Å². The van der Waals surface area contributed by atoms with Crippen LogP contribution >= 0.6 is 11.6 Å². The maximum Gasteiger partial charge on any atom is 0.240 e. The molecule has 2 fully saturated rings. The molecule has 0 saturated carbocycles. The summed E-state index contributed by atoms with van der Waals surface area (Å²) < 4.78 is 0. The third-order valence-electron chi connectivity index (χ3n) is 6.69. The van der Waals surface area contributed by atoms with Gasteiger partial charge in [-0.2, -0.15) is 5.10 Å². The van der Waals surface area contributed by atoms with Gasteiger partial charge in [0.25, 0.3) is 0 Å². The van der Waals surface area contributed by atoms with E-state index in [1.165, 1.54) is 4.90 Å². The fraction of sp³-hybridized carbons (Fsp3) is 0.154. The van der Waals surface area contributed by atoms with Crippen LogP contribution in [0.2, 0.25) is 5.02 Å². The Balaban J connectivity index is 1.51. The molecule has 162 valence electrons. The van der Waals surface area contributed by atoms with E-state index in [0.717, 1.165) is 11.1 Å². The van der Waals surface area contributed by atoms with Crippen molar-refractivity contribution in [3.8, 4) is 0 Å². The summed E-state index contributed by atoms with van der Waals surface area (Å²) in [4.78, 5) is 42.4. The van der Waals surface area contributed by atoms with Crippen LogP contribution in [0, 0.1) is 11.8 Å². The van der Waals surface area contributed by atoms with Gasteiger partial charge in [-0.3, -0.25) is 19.4 Å². The van der Waals surface area contributed by atoms with Crippen molar-refractivity contribution in [3.63, 3.8) is 0 Å². The molecule has 6 nitrogen and oxygen atoms in total. The number of hydrogen-bond acceptors (Lipinski definition) is 5. The van der Waals surface area contributed by atoms with Crippen molar-refractivity contribution in [1.82, 2.24) is 5.01 Å². The summed E-state index contributed by atoms with van der Waals surface area (Å²) in [6.45, 7) is 0. The van der Waals surface area contributed by atoms with Gasteiger partial charge in [-0.1, -0.05) is 72.3 Å². The molecule has 0 bridgehead atoms. The summed E-state index contributed by atoms with van der Waals surface area (Å²) in [5, 5.41) is 6.66. The first-order valence-corrected chi connectivity index (χ1v) is 11.1. The molecule has 0 unspecified atom stereocenters. The van der Waals surface area contributed by atoms with Crippen LogP contribution in [0.3, 0.4) is 0 Å². The summed E-state index contributed by atoms with van der Waals surface area (Å²) in [6.07, 6.45) is 1.70. The van der Waals surface area contributed by atoms with Gasteiger partial charge in [0, 0.05) is 10.6 Å². The number of fused-ring (bicyclic) bond motifs is 5. The molecule has 4 atom stereocenters. The van der Waals surface area contributed by atoms with E-state index in [-0.39, 0.29) is 11.7 Å². The molecule has 3 aliphatic rings. The number of ketones is 1. The zero-order chi connectivity index (χ0) is 22.7. The number of rotatable bonds is 3. The number of anilines is 1. The normalized spacial score (nSPS) is 25.1. The lowest BCUT2D eigenvalue weighted by Gasteiger charge is -2.33. The molecule has 0 aliphatic carbocycles. The standard InChI is InChI=1S/C26H18ClN3O3/c27-17-10-6-11-18(13-17)29-25(32)20-21(26(29)33)23(24(31)15-7-2-1-3-8-15)30-22(20)19-12-5-4-9-16(19)14-28-30/h1-14,20-23H/t20-,21+,22+,23-/m0/s1. The van der Waals surface area contributed by atoms with Gasteiger partial charge in [-0.25, -0.2) is 4.90 Å². The monoisotopic (exact) mass is 455 g/mol. The van der Waals surface area contributed by atoms with Crippen molar-refractivity contribution in [2.24, 2.45) is 16.9 Å². The summed E-state index contributed by atoms with van der Waals surface area (Å²) in [7, 11) is 0. The Hall–Kier alpha value is -3.77. The molecular weight excluding hydrogens is 438 g/mol.